The second-order valence-corrected chi connectivity index (χ2v) is 9.88. The maximum absolute atomic E-state index is 5.76. The predicted octanol–water partition coefficient (Wildman–Crippen LogP) is 7.07. The molecule has 0 atom stereocenters. The molecule has 174 valence electrons. The Labute approximate surface area is 211 Å². The number of fused-ring (bicyclic) bond motifs is 1. The van der Waals surface area contributed by atoms with Gasteiger partial charge in [-0.3, -0.25) is 4.98 Å². The summed E-state index contributed by atoms with van der Waals surface area (Å²) in [5.41, 5.74) is 7.82. The van der Waals surface area contributed by atoms with Crippen molar-refractivity contribution < 1.29 is 0 Å². The monoisotopic (exact) mass is 476 g/mol. The molecule has 0 aliphatic carbocycles. The SMILES string of the molecule is Cc1ccc(-n2cnc(-c3ccc4nc(CC(=S)Cc5ccccc5C(C)C)ccc4c3)n2)cc1. The topological polar surface area (TPSA) is 43.6 Å². The quantitative estimate of drug-likeness (QED) is 0.236. The highest BCUT2D eigenvalue weighted by Crippen LogP contribution is 2.23. The van der Waals surface area contributed by atoms with Crippen molar-refractivity contribution >= 4 is 28.0 Å². The normalized spacial score (nSPS) is 11.3. The van der Waals surface area contributed by atoms with Crippen LogP contribution < -0.4 is 0 Å². The van der Waals surface area contributed by atoms with Crippen LogP contribution in [0.3, 0.4) is 0 Å². The number of hydrogen-bond acceptors (Lipinski definition) is 4. The van der Waals surface area contributed by atoms with Gasteiger partial charge in [0.1, 0.15) is 6.33 Å². The van der Waals surface area contributed by atoms with Gasteiger partial charge in [0.05, 0.1) is 11.2 Å². The molecule has 5 aromatic rings. The molecule has 0 bridgehead atoms. The van der Waals surface area contributed by atoms with Crippen molar-refractivity contribution in [3.8, 4) is 17.1 Å². The van der Waals surface area contributed by atoms with E-state index in [2.05, 4.69) is 85.5 Å². The molecule has 2 heterocycles. The van der Waals surface area contributed by atoms with Crippen molar-refractivity contribution in [1.82, 2.24) is 19.7 Å². The number of benzene rings is 3. The Bertz CT molecular complexity index is 1500. The maximum atomic E-state index is 5.76. The summed E-state index contributed by atoms with van der Waals surface area (Å²) in [5.74, 6) is 1.18. The molecule has 5 heteroatoms. The molecule has 0 unspecified atom stereocenters. The predicted molar refractivity (Wildman–Crippen MR) is 147 cm³/mol. The van der Waals surface area contributed by atoms with Crippen molar-refractivity contribution in [3.63, 3.8) is 0 Å². The van der Waals surface area contributed by atoms with Gasteiger partial charge in [0, 0.05) is 34.3 Å². The van der Waals surface area contributed by atoms with Crippen LogP contribution in [0.5, 0.6) is 0 Å². The zero-order valence-electron chi connectivity index (χ0n) is 20.3. The van der Waals surface area contributed by atoms with Gasteiger partial charge in [-0.15, -0.1) is 5.10 Å². The second kappa shape index (κ2) is 9.88. The Kier molecular flexibility index (Phi) is 6.51. The van der Waals surface area contributed by atoms with Crippen molar-refractivity contribution in [2.24, 2.45) is 0 Å². The van der Waals surface area contributed by atoms with Crippen LogP contribution in [-0.4, -0.2) is 24.6 Å². The first-order valence-electron chi connectivity index (χ1n) is 11.9. The van der Waals surface area contributed by atoms with Crippen molar-refractivity contribution in [2.45, 2.75) is 39.5 Å². The molecule has 4 nitrogen and oxygen atoms in total. The Morgan fingerprint density at radius 1 is 0.914 bits per heavy atom. The van der Waals surface area contributed by atoms with E-state index in [1.54, 1.807) is 11.0 Å². The number of aromatic nitrogens is 4. The summed E-state index contributed by atoms with van der Waals surface area (Å²) in [5, 5.41) is 5.74. The summed E-state index contributed by atoms with van der Waals surface area (Å²) >= 11 is 5.76. The van der Waals surface area contributed by atoms with Gasteiger partial charge >= 0.3 is 0 Å². The van der Waals surface area contributed by atoms with Gasteiger partial charge < -0.3 is 0 Å². The van der Waals surface area contributed by atoms with E-state index < -0.39 is 0 Å². The molecule has 5 rings (SSSR count). The third-order valence-electron chi connectivity index (χ3n) is 6.24. The highest BCUT2D eigenvalue weighted by molar-refractivity contribution is 7.80. The Hall–Kier alpha value is -3.70. The molecule has 0 fully saturated rings. The van der Waals surface area contributed by atoms with Crippen LogP contribution >= 0.6 is 12.2 Å². The zero-order chi connectivity index (χ0) is 24.4. The highest BCUT2D eigenvalue weighted by atomic mass is 32.1. The van der Waals surface area contributed by atoms with E-state index >= 15 is 0 Å². The molecule has 0 saturated heterocycles. The lowest BCUT2D eigenvalue weighted by atomic mass is 9.94. The van der Waals surface area contributed by atoms with Gasteiger partial charge in [-0.2, -0.15) is 0 Å². The lowest BCUT2D eigenvalue weighted by Crippen LogP contribution is -2.08. The summed E-state index contributed by atoms with van der Waals surface area (Å²) in [7, 11) is 0. The molecule has 2 aromatic heterocycles. The molecule has 0 radical (unpaired) electrons. The number of pyridine rings is 1. The minimum Gasteiger partial charge on any atom is -0.252 e. The van der Waals surface area contributed by atoms with Crippen molar-refractivity contribution in [2.75, 3.05) is 0 Å². The van der Waals surface area contributed by atoms with Crippen molar-refractivity contribution in [1.29, 1.82) is 0 Å². The van der Waals surface area contributed by atoms with Crippen LogP contribution in [0.25, 0.3) is 28.0 Å². The Balaban J connectivity index is 1.32. The lowest BCUT2D eigenvalue weighted by Gasteiger charge is -2.13. The smallest absolute Gasteiger partial charge is 0.181 e. The van der Waals surface area contributed by atoms with Crippen LogP contribution in [0.4, 0.5) is 0 Å². The van der Waals surface area contributed by atoms with E-state index in [0.717, 1.165) is 39.1 Å². The summed E-state index contributed by atoms with van der Waals surface area (Å²) in [4.78, 5) is 10.4. The fourth-order valence-corrected chi connectivity index (χ4v) is 4.66. The molecular formula is C30H28N4S. The standard InChI is InChI=1S/C30H28N4S/c1-20(2)28-7-5-4-6-22(28)17-27(35)18-25-12-10-23-16-24(11-15-29(23)32-25)30-31-19-34(33-30)26-13-8-21(3)9-14-26/h4-16,19-20H,17-18H2,1-3H3. The molecule has 3 aromatic carbocycles. The fourth-order valence-electron chi connectivity index (χ4n) is 4.36. The van der Waals surface area contributed by atoms with Crippen molar-refractivity contribution in [3.05, 3.63) is 108 Å². The molecule has 0 amide bonds. The molecular weight excluding hydrogens is 448 g/mol. The molecule has 0 spiro atoms. The Morgan fingerprint density at radius 2 is 1.71 bits per heavy atom. The first-order chi connectivity index (χ1) is 17.0. The number of rotatable bonds is 7. The average molecular weight is 477 g/mol. The van der Waals surface area contributed by atoms with Crippen LogP contribution in [0.1, 0.15) is 42.1 Å². The van der Waals surface area contributed by atoms with Crippen LogP contribution in [0.15, 0.2) is 85.2 Å². The minimum absolute atomic E-state index is 0.486. The number of aryl methyl sites for hydroxylation is 1. The third kappa shape index (κ3) is 5.20. The van der Waals surface area contributed by atoms with Gasteiger partial charge in [-0.25, -0.2) is 9.67 Å². The van der Waals surface area contributed by atoms with Gasteiger partial charge in [0.2, 0.25) is 0 Å². The first kappa shape index (κ1) is 23.1. The zero-order valence-corrected chi connectivity index (χ0v) is 21.1. The van der Waals surface area contributed by atoms with E-state index in [-0.39, 0.29) is 0 Å². The lowest BCUT2D eigenvalue weighted by molar-refractivity contribution is 0.852. The molecule has 0 saturated carbocycles. The van der Waals surface area contributed by atoms with E-state index in [1.165, 1.54) is 16.7 Å². The van der Waals surface area contributed by atoms with E-state index in [1.807, 2.05) is 24.3 Å². The third-order valence-corrected chi connectivity index (χ3v) is 6.53. The summed E-state index contributed by atoms with van der Waals surface area (Å²) in [6.45, 7) is 6.53. The minimum atomic E-state index is 0.486. The van der Waals surface area contributed by atoms with Gasteiger partial charge in [-0.05, 0) is 60.4 Å². The average Bonchev–Trinajstić information content (AvgIpc) is 3.34. The van der Waals surface area contributed by atoms with Gasteiger partial charge in [0.25, 0.3) is 0 Å². The first-order valence-corrected chi connectivity index (χ1v) is 12.4. The Morgan fingerprint density at radius 3 is 2.51 bits per heavy atom. The number of thiocarbonyl (C=S) groups is 1. The molecule has 0 aliphatic heterocycles. The number of nitrogens with zero attached hydrogens (tertiary/aromatic N) is 4. The summed E-state index contributed by atoms with van der Waals surface area (Å²) in [6.07, 6.45) is 3.25. The van der Waals surface area contributed by atoms with Gasteiger partial charge in [0.15, 0.2) is 5.82 Å². The van der Waals surface area contributed by atoms with E-state index in [9.17, 15) is 0 Å². The molecule has 0 aliphatic rings. The highest BCUT2D eigenvalue weighted by Gasteiger charge is 2.11. The fraction of sp³-hybridized carbons (Fsp3) is 0.200. The number of hydrogen-bond donors (Lipinski definition) is 0. The summed E-state index contributed by atoms with van der Waals surface area (Å²) in [6, 6.07) is 27.2. The van der Waals surface area contributed by atoms with E-state index in [4.69, 9.17) is 17.2 Å². The van der Waals surface area contributed by atoms with Crippen LogP contribution in [0.2, 0.25) is 0 Å². The second-order valence-electron chi connectivity index (χ2n) is 9.30. The molecule has 35 heavy (non-hydrogen) atoms. The largest absolute Gasteiger partial charge is 0.252 e. The van der Waals surface area contributed by atoms with Crippen LogP contribution in [0, 0.1) is 6.92 Å². The van der Waals surface area contributed by atoms with Gasteiger partial charge in [-0.1, -0.05) is 74.1 Å². The summed E-state index contributed by atoms with van der Waals surface area (Å²) < 4.78 is 1.80. The van der Waals surface area contributed by atoms with E-state index in [0.29, 0.717) is 18.2 Å². The van der Waals surface area contributed by atoms with Crippen LogP contribution in [-0.2, 0) is 12.8 Å². The maximum Gasteiger partial charge on any atom is 0.181 e. The molecule has 0 N–H and O–H groups in total.